The molecule has 0 spiro atoms. The van der Waals surface area contributed by atoms with Crippen LogP contribution in [0, 0.1) is 0 Å². The van der Waals surface area contributed by atoms with Gasteiger partial charge in [-0.3, -0.25) is 0 Å². The number of ether oxygens (including phenoxy) is 1. The fourth-order valence-corrected chi connectivity index (χ4v) is 3.14. The van der Waals surface area contributed by atoms with Gasteiger partial charge in [0.25, 0.3) is 0 Å². The molecule has 146 valence electrons. The molecule has 0 aliphatic carbocycles. The third kappa shape index (κ3) is 3.51. The molecule has 3 aromatic carbocycles. The van der Waals surface area contributed by atoms with Crippen molar-refractivity contribution in [3.63, 3.8) is 0 Å². The molecule has 29 heavy (non-hydrogen) atoms. The summed E-state index contributed by atoms with van der Waals surface area (Å²) in [4.78, 5) is 9.16. The summed E-state index contributed by atoms with van der Waals surface area (Å²) >= 11 is 0. The van der Waals surface area contributed by atoms with Gasteiger partial charge in [-0.05, 0) is 30.3 Å². The summed E-state index contributed by atoms with van der Waals surface area (Å²) in [6, 6.07) is 17.1. The van der Waals surface area contributed by atoms with E-state index in [2.05, 4.69) is 15.3 Å². The van der Waals surface area contributed by atoms with Crippen LogP contribution in [0.3, 0.4) is 0 Å². The fraction of sp³-hybridized carbons (Fsp3) is 0.0909. The number of aliphatic hydroxyl groups is 1. The zero-order valence-corrected chi connectivity index (χ0v) is 15.6. The van der Waals surface area contributed by atoms with Crippen molar-refractivity contribution in [3.8, 4) is 28.6 Å². The number of phenolic OH excluding ortho intramolecular Hbond substituents is 2. The monoisotopic (exact) mass is 389 g/mol. The van der Waals surface area contributed by atoms with E-state index in [0.717, 1.165) is 5.39 Å². The van der Waals surface area contributed by atoms with Crippen LogP contribution in [-0.2, 0) is 6.61 Å². The first-order valence-electron chi connectivity index (χ1n) is 8.93. The third-order valence-electron chi connectivity index (χ3n) is 4.57. The van der Waals surface area contributed by atoms with E-state index in [1.165, 1.54) is 12.1 Å². The van der Waals surface area contributed by atoms with Crippen molar-refractivity contribution in [2.24, 2.45) is 0 Å². The summed E-state index contributed by atoms with van der Waals surface area (Å²) in [5.41, 5.74) is 2.32. The van der Waals surface area contributed by atoms with Crippen LogP contribution in [0.25, 0.3) is 22.3 Å². The Kier molecular flexibility index (Phi) is 4.88. The van der Waals surface area contributed by atoms with Crippen molar-refractivity contribution in [2.75, 3.05) is 12.4 Å². The normalized spacial score (nSPS) is 10.8. The molecule has 1 aromatic heterocycles. The highest BCUT2D eigenvalue weighted by Gasteiger charge is 2.16. The number of nitrogens with zero attached hydrogens (tertiary/aromatic N) is 2. The first kappa shape index (κ1) is 18.5. The van der Waals surface area contributed by atoms with Crippen molar-refractivity contribution in [2.45, 2.75) is 6.61 Å². The molecular formula is C22H19N3O4. The number of anilines is 2. The van der Waals surface area contributed by atoms with Crippen LogP contribution < -0.4 is 10.1 Å². The molecule has 0 fully saturated rings. The van der Waals surface area contributed by atoms with E-state index in [-0.39, 0.29) is 18.1 Å². The van der Waals surface area contributed by atoms with Crippen LogP contribution in [0.1, 0.15) is 5.56 Å². The molecule has 0 aliphatic rings. The van der Waals surface area contributed by atoms with Gasteiger partial charge in [0, 0.05) is 17.0 Å². The fourth-order valence-electron chi connectivity index (χ4n) is 3.14. The Bertz CT molecular complexity index is 1170. The number of hydrogen-bond donors (Lipinski definition) is 4. The molecule has 7 nitrogen and oxygen atoms in total. The zero-order chi connectivity index (χ0) is 20.4. The maximum Gasteiger partial charge on any atom is 0.165 e. The molecule has 4 aromatic rings. The van der Waals surface area contributed by atoms with E-state index in [0.29, 0.717) is 39.7 Å². The van der Waals surface area contributed by atoms with E-state index >= 15 is 0 Å². The maximum absolute atomic E-state index is 10.2. The SMILES string of the molecule is COc1cccc(CO)c1Nc1nc(-c2ccc(O)cc2O)nc2ccccc12. The Hall–Kier alpha value is -3.84. The quantitative estimate of drug-likeness (QED) is 0.409. The topological polar surface area (TPSA) is 108 Å². The highest BCUT2D eigenvalue weighted by molar-refractivity contribution is 5.93. The number of methoxy groups -OCH3 is 1. The van der Waals surface area contributed by atoms with Gasteiger partial charge in [-0.25, -0.2) is 9.97 Å². The minimum Gasteiger partial charge on any atom is -0.508 e. The molecule has 0 saturated heterocycles. The number of aliphatic hydroxyl groups excluding tert-OH is 1. The highest BCUT2D eigenvalue weighted by Crippen LogP contribution is 2.36. The minimum absolute atomic E-state index is 0.0491. The van der Waals surface area contributed by atoms with Crippen LogP contribution in [0.15, 0.2) is 60.7 Å². The van der Waals surface area contributed by atoms with Gasteiger partial charge in [-0.1, -0.05) is 24.3 Å². The summed E-state index contributed by atoms with van der Waals surface area (Å²) in [5, 5.41) is 33.6. The molecule has 1 heterocycles. The van der Waals surface area contributed by atoms with E-state index in [4.69, 9.17) is 4.74 Å². The van der Waals surface area contributed by atoms with Gasteiger partial charge >= 0.3 is 0 Å². The standard InChI is InChI=1S/C22H19N3O4/c1-29-19-8-4-5-13(12-26)20(19)24-21-15-6-2-3-7-17(15)23-22(25-21)16-10-9-14(27)11-18(16)28/h2-11,26-28H,12H2,1H3,(H,23,24,25). The second-order valence-electron chi connectivity index (χ2n) is 6.39. The Labute approximate surface area is 166 Å². The van der Waals surface area contributed by atoms with E-state index in [9.17, 15) is 15.3 Å². The van der Waals surface area contributed by atoms with Crippen LogP contribution >= 0.6 is 0 Å². The molecule has 0 aliphatic heterocycles. The molecule has 4 N–H and O–H groups in total. The molecule has 0 unspecified atom stereocenters. The number of aromatic nitrogens is 2. The number of phenols is 2. The summed E-state index contributed by atoms with van der Waals surface area (Å²) in [6.45, 7) is -0.172. The molecule has 7 heteroatoms. The predicted molar refractivity (Wildman–Crippen MR) is 111 cm³/mol. The van der Waals surface area contributed by atoms with Crippen LogP contribution in [-0.4, -0.2) is 32.4 Å². The Morgan fingerprint density at radius 1 is 0.966 bits per heavy atom. The first-order valence-corrected chi connectivity index (χ1v) is 8.93. The smallest absolute Gasteiger partial charge is 0.165 e. The maximum atomic E-state index is 10.2. The lowest BCUT2D eigenvalue weighted by molar-refractivity contribution is 0.282. The van der Waals surface area contributed by atoms with Gasteiger partial charge in [0.05, 0.1) is 30.5 Å². The van der Waals surface area contributed by atoms with E-state index in [1.807, 2.05) is 24.3 Å². The number of aromatic hydroxyl groups is 2. The summed E-state index contributed by atoms with van der Waals surface area (Å²) in [7, 11) is 1.56. The number of benzene rings is 3. The van der Waals surface area contributed by atoms with Crippen molar-refractivity contribution in [3.05, 3.63) is 66.2 Å². The lowest BCUT2D eigenvalue weighted by Gasteiger charge is -2.16. The molecular weight excluding hydrogens is 370 g/mol. The summed E-state index contributed by atoms with van der Waals surface area (Å²) in [6.07, 6.45) is 0. The Balaban J connectivity index is 1.91. The molecule has 0 bridgehead atoms. The zero-order valence-electron chi connectivity index (χ0n) is 15.6. The van der Waals surface area contributed by atoms with Gasteiger partial charge < -0.3 is 25.4 Å². The number of fused-ring (bicyclic) bond motifs is 1. The Morgan fingerprint density at radius 3 is 2.55 bits per heavy atom. The molecule has 0 amide bonds. The van der Waals surface area contributed by atoms with Crippen LogP contribution in [0.2, 0.25) is 0 Å². The van der Waals surface area contributed by atoms with Crippen LogP contribution in [0.5, 0.6) is 17.2 Å². The average Bonchev–Trinajstić information content (AvgIpc) is 2.73. The molecule has 0 saturated carbocycles. The van der Waals surface area contributed by atoms with Crippen molar-refractivity contribution in [1.29, 1.82) is 0 Å². The number of hydrogen-bond acceptors (Lipinski definition) is 7. The second kappa shape index (κ2) is 7.65. The summed E-state index contributed by atoms with van der Waals surface area (Å²) < 4.78 is 5.43. The molecule has 4 rings (SSSR count). The lowest BCUT2D eigenvalue weighted by Crippen LogP contribution is -2.03. The molecule has 0 radical (unpaired) electrons. The Morgan fingerprint density at radius 2 is 1.79 bits per heavy atom. The van der Waals surface area contributed by atoms with Gasteiger partial charge in [-0.15, -0.1) is 0 Å². The highest BCUT2D eigenvalue weighted by atomic mass is 16.5. The largest absolute Gasteiger partial charge is 0.508 e. The van der Waals surface area contributed by atoms with E-state index < -0.39 is 0 Å². The average molecular weight is 389 g/mol. The molecule has 0 atom stereocenters. The number of nitrogens with one attached hydrogen (secondary N) is 1. The van der Waals surface area contributed by atoms with Crippen molar-refractivity contribution in [1.82, 2.24) is 9.97 Å². The third-order valence-corrected chi connectivity index (χ3v) is 4.57. The minimum atomic E-state index is -0.172. The lowest BCUT2D eigenvalue weighted by atomic mass is 10.1. The summed E-state index contributed by atoms with van der Waals surface area (Å²) in [5.74, 6) is 1.18. The van der Waals surface area contributed by atoms with Gasteiger partial charge in [0.1, 0.15) is 23.1 Å². The predicted octanol–water partition coefficient (Wildman–Crippen LogP) is 3.95. The van der Waals surface area contributed by atoms with E-state index in [1.54, 1.807) is 31.4 Å². The van der Waals surface area contributed by atoms with Crippen molar-refractivity contribution < 1.29 is 20.1 Å². The first-order chi connectivity index (χ1) is 14.1. The van der Waals surface area contributed by atoms with Gasteiger partial charge in [0.2, 0.25) is 0 Å². The number of rotatable bonds is 5. The van der Waals surface area contributed by atoms with Gasteiger partial charge in [-0.2, -0.15) is 0 Å². The van der Waals surface area contributed by atoms with Gasteiger partial charge in [0.15, 0.2) is 5.82 Å². The van der Waals surface area contributed by atoms with Crippen LogP contribution in [0.4, 0.5) is 11.5 Å². The number of para-hydroxylation sites is 2. The van der Waals surface area contributed by atoms with Crippen molar-refractivity contribution >= 4 is 22.4 Å². The second-order valence-corrected chi connectivity index (χ2v) is 6.39.